The van der Waals surface area contributed by atoms with Crippen LogP contribution in [0.2, 0.25) is 0 Å². The first-order valence-corrected chi connectivity index (χ1v) is 6.22. The molecule has 0 saturated heterocycles. The van der Waals surface area contributed by atoms with E-state index >= 15 is 0 Å². The second-order valence-electron chi connectivity index (χ2n) is 4.08. The van der Waals surface area contributed by atoms with Crippen molar-refractivity contribution in [3.63, 3.8) is 0 Å². The number of nitrogens with zero attached hydrogens (tertiary/aromatic N) is 2. The highest BCUT2D eigenvalue weighted by atomic mass is 32.1. The molecule has 2 aromatic rings. The Balaban J connectivity index is 1.75. The summed E-state index contributed by atoms with van der Waals surface area (Å²) in [6.45, 7) is 0.753. The van der Waals surface area contributed by atoms with Crippen molar-refractivity contribution in [1.82, 2.24) is 9.97 Å². The summed E-state index contributed by atoms with van der Waals surface area (Å²) in [5.41, 5.74) is 0.721. The summed E-state index contributed by atoms with van der Waals surface area (Å²) < 4.78 is 5.61. The third-order valence-corrected chi connectivity index (χ3v) is 3.68. The molecule has 16 heavy (non-hydrogen) atoms. The van der Waals surface area contributed by atoms with E-state index in [0.29, 0.717) is 11.8 Å². The van der Waals surface area contributed by atoms with E-state index in [1.54, 1.807) is 6.07 Å². The molecule has 84 valence electrons. The lowest BCUT2D eigenvalue weighted by Crippen LogP contribution is -2.19. The van der Waals surface area contributed by atoms with E-state index in [1.807, 2.05) is 6.07 Å². The fourth-order valence-corrected chi connectivity index (χ4v) is 2.40. The fraction of sp³-hybridized carbons (Fsp3) is 0.455. The molecule has 0 aliphatic heterocycles. The molecule has 1 aliphatic carbocycles. The first kappa shape index (κ1) is 9.84. The molecule has 1 N–H and O–H groups in total. The number of hydrogen-bond donors (Lipinski definition) is 1. The van der Waals surface area contributed by atoms with Crippen LogP contribution in [0.3, 0.4) is 0 Å². The van der Waals surface area contributed by atoms with E-state index in [2.05, 4.69) is 9.97 Å². The van der Waals surface area contributed by atoms with E-state index in [9.17, 15) is 5.11 Å². The zero-order chi connectivity index (χ0) is 11.0. The third-order valence-electron chi connectivity index (χ3n) is 2.91. The van der Waals surface area contributed by atoms with Gasteiger partial charge in [-0.3, -0.25) is 0 Å². The van der Waals surface area contributed by atoms with Gasteiger partial charge in [0.05, 0.1) is 6.61 Å². The second kappa shape index (κ2) is 3.90. The Kier molecular flexibility index (Phi) is 2.40. The summed E-state index contributed by atoms with van der Waals surface area (Å²) in [5.74, 6) is 1.33. The number of rotatable bonds is 3. The van der Waals surface area contributed by atoms with Crippen molar-refractivity contribution in [3.05, 3.63) is 12.1 Å². The predicted octanol–water partition coefficient (Wildman–Crippen LogP) is 2.58. The summed E-state index contributed by atoms with van der Waals surface area (Å²) in [5, 5.41) is 9.29. The lowest BCUT2D eigenvalue weighted by Gasteiger charge is -2.24. The van der Waals surface area contributed by atoms with Crippen LogP contribution in [-0.4, -0.2) is 21.7 Å². The lowest BCUT2D eigenvalue weighted by atomic mass is 9.86. The van der Waals surface area contributed by atoms with Gasteiger partial charge in [0, 0.05) is 6.07 Å². The number of aromatic hydroxyl groups is 1. The van der Waals surface area contributed by atoms with E-state index in [1.165, 1.54) is 30.6 Å². The van der Waals surface area contributed by atoms with E-state index in [0.717, 1.165) is 17.0 Å². The van der Waals surface area contributed by atoms with Crippen LogP contribution in [0.5, 0.6) is 11.1 Å². The van der Waals surface area contributed by atoms with Crippen molar-refractivity contribution in [2.24, 2.45) is 5.92 Å². The molecule has 2 heterocycles. The molecule has 3 rings (SSSR count). The number of thiazole rings is 1. The van der Waals surface area contributed by atoms with Crippen LogP contribution in [0.1, 0.15) is 19.3 Å². The summed E-state index contributed by atoms with van der Waals surface area (Å²) in [7, 11) is 0. The van der Waals surface area contributed by atoms with E-state index < -0.39 is 0 Å². The van der Waals surface area contributed by atoms with Gasteiger partial charge in [-0.15, -0.1) is 0 Å². The van der Waals surface area contributed by atoms with Crippen LogP contribution in [0.25, 0.3) is 10.3 Å². The molecular weight excluding hydrogens is 224 g/mol. The Bertz CT molecular complexity index is 508. The quantitative estimate of drug-likeness (QED) is 0.889. The second-order valence-corrected chi connectivity index (χ2v) is 5.03. The van der Waals surface area contributed by atoms with Gasteiger partial charge in [0.15, 0.2) is 4.83 Å². The molecule has 1 aliphatic rings. The van der Waals surface area contributed by atoms with Crippen molar-refractivity contribution < 1.29 is 9.84 Å². The Labute approximate surface area is 96.9 Å². The zero-order valence-electron chi connectivity index (χ0n) is 8.72. The number of pyridine rings is 1. The minimum absolute atomic E-state index is 0.0543. The Morgan fingerprint density at radius 3 is 3.00 bits per heavy atom. The fourth-order valence-electron chi connectivity index (χ4n) is 1.73. The normalized spacial score (nSPS) is 16.2. The van der Waals surface area contributed by atoms with Gasteiger partial charge < -0.3 is 9.84 Å². The summed E-state index contributed by atoms with van der Waals surface area (Å²) >= 11 is 1.17. The van der Waals surface area contributed by atoms with Gasteiger partial charge in [-0.2, -0.15) is 0 Å². The third kappa shape index (κ3) is 1.82. The van der Waals surface area contributed by atoms with E-state index in [-0.39, 0.29) is 5.19 Å². The zero-order valence-corrected chi connectivity index (χ0v) is 9.54. The van der Waals surface area contributed by atoms with Crippen LogP contribution >= 0.6 is 11.3 Å². The molecule has 1 saturated carbocycles. The van der Waals surface area contributed by atoms with E-state index in [4.69, 9.17) is 4.74 Å². The van der Waals surface area contributed by atoms with Crippen LogP contribution in [-0.2, 0) is 0 Å². The largest absolute Gasteiger partial charge is 0.486 e. The smallest absolute Gasteiger partial charge is 0.273 e. The Hall–Kier alpha value is -1.36. The molecule has 2 aromatic heterocycles. The lowest BCUT2D eigenvalue weighted by molar-refractivity contribution is 0.176. The Morgan fingerprint density at radius 1 is 1.38 bits per heavy atom. The molecule has 0 spiro atoms. The van der Waals surface area contributed by atoms with Gasteiger partial charge in [0.1, 0.15) is 5.52 Å². The van der Waals surface area contributed by atoms with Crippen molar-refractivity contribution >= 4 is 21.7 Å². The number of ether oxygens (including phenoxy) is 1. The minimum atomic E-state index is 0.0543. The maximum absolute atomic E-state index is 9.24. The van der Waals surface area contributed by atoms with Crippen molar-refractivity contribution in [3.8, 4) is 11.1 Å². The summed E-state index contributed by atoms with van der Waals surface area (Å²) in [6, 6.07) is 3.63. The van der Waals surface area contributed by atoms with Gasteiger partial charge in [0.25, 0.3) is 5.19 Å². The molecule has 0 amide bonds. The number of aromatic nitrogens is 2. The monoisotopic (exact) mass is 236 g/mol. The predicted molar refractivity (Wildman–Crippen MR) is 61.9 cm³/mol. The van der Waals surface area contributed by atoms with Gasteiger partial charge >= 0.3 is 0 Å². The van der Waals surface area contributed by atoms with Crippen LogP contribution in [0.15, 0.2) is 12.1 Å². The van der Waals surface area contributed by atoms with Crippen molar-refractivity contribution in [2.45, 2.75) is 19.3 Å². The standard InChI is InChI=1S/C11H12N2O2S/c14-11-12-8-4-5-9(13-10(8)16-11)15-6-7-2-1-3-7/h4-5,7H,1-3,6H2,(H,12,14). The molecule has 5 heteroatoms. The first-order valence-electron chi connectivity index (χ1n) is 5.40. The first-order chi connectivity index (χ1) is 7.81. The van der Waals surface area contributed by atoms with Crippen LogP contribution in [0.4, 0.5) is 0 Å². The molecule has 1 fully saturated rings. The highest BCUT2D eigenvalue weighted by Gasteiger charge is 2.18. The molecule has 0 bridgehead atoms. The highest BCUT2D eigenvalue weighted by molar-refractivity contribution is 7.19. The van der Waals surface area contributed by atoms with Gasteiger partial charge in [-0.1, -0.05) is 17.8 Å². The minimum Gasteiger partial charge on any atom is -0.486 e. The molecule has 0 atom stereocenters. The SMILES string of the molecule is Oc1nc2ccc(OCC3CCC3)nc2s1. The van der Waals surface area contributed by atoms with Gasteiger partial charge in [-0.25, -0.2) is 9.97 Å². The van der Waals surface area contributed by atoms with Crippen LogP contribution < -0.4 is 4.74 Å². The van der Waals surface area contributed by atoms with Crippen molar-refractivity contribution in [1.29, 1.82) is 0 Å². The van der Waals surface area contributed by atoms with Gasteiger partial charge in [-0.05, 0) is 24.8 Å². The summed E-state index contributed by atoms with van der Waals surface area (Å²) in [4.78, 5) is 8.96. The average molecular weight is 236 g/mol. The molecule has 0 aromatic carbocycles. The molecule has 4 nitrogen and oxygen atoms in total. The molecular formula is C11H12N2O2S. The number of fused-ring (bicyclic) bond motifs is 1. The summed E-state index contributed by atoms with van der Waals surface area (Å²) in [6.07, 6.45) is 3.86. The highest BCUT2D eigenvalue weighted by Crippen LogP contribution is 2.29. The van der Waals surface area contributed by atoms with Crippen molar-refractivity contribution in [2.75, 3.05) is 6.61 Å². The Morgan fingerprint density at radius 2 is 2.25 bits per heavy atom. The molecule has 0 radical (unpaired) electrons. The number of hydrogen-bond acceptors (Lipinski definition) is 5. The van der Waals surface area contributed by atoms with Gasteiger partial charge in [0.2, 0.25) is 5.88 Å². The maximum atomic E-state index is 9.24. The average Bonchev–Trinajstić information content (AvgIpc) is 2.55. The molecule has 0 unspecified atom stereocenters. The maximum Gasteiger partial charge on any atom is 0.273 e. The van der Waals surface area contributed by atoms with Crippen LogP contribution in [0, 0.1) is 5.92 Å². The topological polar surface area (TPSA) is 55.2 Å².